The van der Waals surface area contributed by atoms with E-state index >= 15 is 0 Å². The highest BCUT2D eigenvalue weighted by Gasteiger charge is 2.42. The van der Waals surface area contributed by atoms with Gasteiger partial charge in [-0.05, 0) is 11.1 Å². The SMILES string of the molecule is c1ccc2c(c1)C[C@@H]1O[C@@H]1C2. The first kappa shape index (κ1) is 5.78. The molecular formula is C10H10O. The van der Waals surface area contributed by atoms with Crippen LogP contribution in [0.2, 0.25) is 0 Å². The number of epoxide rings is 1. The summed E-state index contributed by atoms with van der Waals surface area (Å²) in [4.78, 5) is 0. The highest BCUT2D eigenvalue weighted by molar-refractivity contribution is 5.33. The lowest BCUT2D eigenvalue weighted by Crippen LogP contribution is -2.11. The van der Waals surface area contributed by atoms with Crippen molar-refractivity contribution >= 4 is 0 Å². The number of ether oxygens (including phenoxy) is 1. The molecule has 1 aromatic rings. The maximum Gasteiger partial charge on any atom is 0.0885 e. The van der Waals surface area contributed by atoms with Crippen LogP contribution in [0.25, 0.3) is 0 Å². The van der Waals surface area contributed by atoms with Crippen LogP contribution in [0, 0.1) is 0 Å². The molecular weight excluding hydrogens is 136 g/mol. The summed E-state index contributed by atoms with van der Waals surface area (Å²) in [6, 6.07) is 8.66. The number of benzene rings is 1. The summed E-state index contributed by atoms with van der Waals surface area (Å²) in [6.45, 7) is 0. The zero-order valence-electron chi connectivity index (χ0n) is 6.29. The lowest BCUT2D eigenvalue weighted by Gasteiger charge is -2.10. The van der Waals surface area contributed by atoms with Crippen molar-refractivity contribution in [3.05, 3.63) is 35.4 Å². The van der Waals surface area contributed by atoms with Crippen LogP contribution < -0.4 is 0 Å². The Morgan fingerprint density at radius 3 is 2.09 bits per heavy atom. The highest BCUT2D eigenvalue weighted by atomic mass is 16.6. The van der Waals surface area contributed by atoms with Gasteiger partial charge in [-0.25, -0.2) is 0 Å². The summed E-state index contributed by atoms with van der Waals surface area (Å²) >= 11 is 0. The molecule has 2 atom stereocenters. The molecule has 0 radical (unpaired) electrons. The zero-order chi connectivity index (χ0) is 7.26. The van der Waals surface area contributed by atoms with Gasteiger partial charge in [-0.3, -0.25) is 0 Å². The van der Waals surface area contributed by atoms with E-state index in [2.05, 4.69) is 24.3 Å². The van der Waals surface area contributed by atoms with Crippen LogP contribution in [0.15, 0.2) is 24.3 Å². The van der Waals surface area contributed by atoms with E-state index in [9.17, 15) is 0 Å². The summed E-state index contributed by atoms with van der Waals surface area (Å²) in [5, 5.41) is 0. The van der Waals surface area contributed by atoms with Gasteiger partial charge >= 0.3 is 0 Å². The Kier molecular flexibility index (Phi) is 0.977. The normalized spacial score (nSPS) is 32.4. The third kappa shape index (κ3) is 0.809. The molecule has 1 aliphatic carbocycles. The summed E-state index contributed by atoms with van der Waals surface area (Å²) in [7, 11) is 0. The zero-order valence-corrected chi connectivity index (χ0v) is 6.29. The minimum absolute atomic E-state index is 0.560. The van der Waals surface area contributed by atoms with Gasteiger partial charge in [-0.15, -0.1) is 0 Å². The fourth-order valence-corrected chi connectivity index (χ4v) is 1.93. The van der Waals surface area contributed by atoms with Crippen LogP contribution in [-0.2, 0) is 17.6 Å². The molecule has 1 nitrogen and oxygen atoms in total. The van der Waals surface area contributed by atoms with Crippen molar-refractivity contribution in [2.45, 2.75) is 25.0 Å². The third-order valence-corrected chi connectivity index (χ3v) is 2.65. The first-order chi connectivity index (χ1) is 5.43. The van der Waals surface area contributed by atoms with Crippen LogP contribution >= 0.6 is 0 Å². The Morgan fingerprint density at radius 2 is 1.55 bits per heavy atom. The van der Waals surface area contributed by atoms with E-state index in [4.69, 9.17) is 4.74 Å². The second-order valence-corrected chi connectivity index (χ2v) is 3.39. The van der Waals surface area contributed by atoms with Crippen molar-refractivity contribution in [2.75, 3.05) is 0 Å². The second-order valence-electron chi connectivity index (χ2n) is 3.39. The van der Waals surface area contributed by atoms with Crippen LogP contribution in [-0.4, -0.2) is 12.2 Å². The molecule has 0 aromatic heterocycles. The minimum atomic E-state index is 0.560. The van der Waals surface area contributed by atoms with Crippen molar-refractivity contribution in [3.8, 4) is 0 Å². The molecule has 0 spiro atoms. The van der Waals surface area contributed by atoms with Gasteiger partial charge in [-0.1, -0.05) is 24.3 Å². The highest BCUT2D eigenvalue weighted by Crippen LogP contribution is 2.35. The quantitative estimate of drug-likeness (QED) is 0.506. The summed E-state index contributed by atoms with van der Waals surface area (Å²) in [5.41, 5.74) is 2.98. The minimum Gasteiger partial charge on any atom is -0.369 e. The van der Waals surface area contributed by atoms with Crippen molar-refractivity contribution < 1.29 is 4.74 Å². The molecule has 1 aliphatic heterocycles. The molecule has 3 rings (SSSR count). The molecule has 1 heteroatoms. The molecule has 2 aliphatic rings. The predicted octanol–water partition coefficient (Wildman–Crippen LogP) is 1.55. The Hall–Kier alpha value is -0.820. The molecule has 1 saturated heterocycles. The molecule has 0 amide bonds. The first-order valence-corrected chi connectivity index (χ1v) is 4.16. The molecule has 56 valence electrons. The maximum absolute atomic E-state index is 5.46. The van der Waals surface area contributed by atoms with Gasteiger partial charge in [-0.2, -0.15) is 0 Å². The van der Waals surface area contributed by atoms with E-state index in [0.29, 0.717) is 12.2 Å². The van der Waals surface area contributed by atoms with Gasteiger partial charge < -0.3 is 4.74 Å². The van der Waals surface area contributed by atoms with Crippen LogP contribution in [0.1, 0.15) is 11.1 Å². The molecule has 1 heterocycles. The molecule has 1 fully saturated rings. The standard InChI is InChI=1S/C10H10O/c1-2-4-8-6-10-9(11-10)5-7(8)3-1/h1-4,9-10H,5-6H2/t9-,10+. The van der Waals surface area contributed by atoms with Gasteiger partial charge in [0, 0.05) is 12.8 Å². The smallest absolute Gasteiger partial charge is 0.0885 e. The number of rotatable bonds is 0. The fraction of sp³-hybridized carbons (Fsp3) is 0.400. The summed E-state index contributed by atoms with van der Waals surface area (Å²) in [6.07, 6.45) is 3.40. The van der Waals surface area contributed by atoms with Crippen LogP contribution in [0.3, 0.4) is 0 Å². The molecule has 0 unspecified atom stereocenters. The number of hydrogen-bond acceptors (Lipinski definition) is 1. The van der Waals surface area contributed by atoms with Crippen LogP contribution in [0.4, 0.5) is 0 Å². The Morgan fingerprint density at radius 1 is 1.00 bits per heavy atom. The molecule has 1 aromatic carbocycles. The van der Waals surface area contributed by atoms with Gasteiger partial charge in [0.1, 0.15) is 0 Å². The van der Waals surface area contributed by atoms with Crippen molar-refractivity contribution in [1.82, 2.24) is 0 Å². The van der Waals surface area contributed by atoms with E-state index in [1.165, 1.54) is 11.1 Å². The number of fused-ring (bicyclic) bond motifs is 2. The lowest BCUT2D eigenvalue weighted by molar-refractivity contribution is 0.375. The van der Waals surface area contributed by atoms with Gasteiger partial charge in [0.15, 0.2) is 0 Å². The van der Waals surface area contributed by atoms with E-state index in [1.807, 2.05) is 0 Å². The lowest BCUT2D eigenvalue weighted by atomic mass is 9.92. The third-order valence-electron chi connectivity index (χ3n) is 2.65. The van der Waals surface area contributed by atoms with E-state index in [-0.39, 0.29) is 0 Å². The van der Waals surface area contributed by atoms with Crippen molar-refractivity contribution in [2.24, 2.45) is 0 Å². The van der Waals surface area contributed by atoms with E-state index < -0.39 is 0 Å². The average Bonchev–Trinajstić information content (AvgIpc) is 2.77. The van der Waals surface area contributed by atoms with Crippen molar-refractivity contribution in [3.63, 3.8) is 0 Å². The van der Waals surface area contributed by atoms with E-state index in [1.54, 1.807) is 0 Å². The summed E-state index contributed by atoms with van der Waals surface area (Å²) in [5.74, 6) is 0. The topological polar surface area (TPSA) is 12.5 Å². The fourth-order valence-electron chi connectivity index (χ4n) is 1.93. The molecule has 0 bridgehead atoms. The Labute approximate surface area is 66.0 Å². The Bertz CT molecular complexity index is 264. The van der Waals surface area contributed by atoms with E-state index in [0.717, 1.165) is 12.8 Å². The van der Waals surface area contributed by atoms with Gasteiger partial charge in [0.2, 0.25) is 0 Å². The van der Waals surface area contributed by atoms with Crippen LogP contribution in [0.5, 0.6) is 0 Å². The van der Waals surface area contributed by atoms with Crippen molar-refractivity contribution in [1.29, 1.82) is 0 Å². The second kappa shape index (κ2) is 1.86. The largest absolute Gasteiger partial charge is 0.369 e. The van der Waals surface area contributed by atoms with Gasteiger partial charge in [0.05, 0.1) is 12.2 Å². The maximum atomic E-state index is 5.46. The summed E-state index contributed by atoms with van der Waals surface area (Å²) < 4.78 is 5.46. The van der Waals surface area contributed by atoms with Gasteiger partial charge in [0.25, 0.3) is 0 Å². The monoisotopic (exact) mass is 146 g/mol. The first-order valence-electron chi connectivity index (χ1n) is 4.16. The number of hydrogen-bond donors (Lipinski definition) is 0. The average molecular weight is 146 g/mol. The molecule has 0 N–H and O–H groups in total. The Balaban J connectivity index is 2.07. The molecule has 11 heavy (non-hydrogen) atoms. The molecule has 0 saturated carbocycles. The predicted molar refractivity (Wildman–Crippen MR) is 42.5 cm³/mol.